The lowest BCUT2D eigenvalue weighted by atomic mass is 10.1. The molecule has 3 heterocycles. The summed E-state index contributed by atoms with van der Waals surface area (Å²) in [6.45, 7) is 1.40. The Labute approximate surface area is 102 Å². The van der Waals surface area contributed by atoms with E-state index in [4.69, 9.17) is 5.73 Å². The molecule has 0 atom stereocenters. The van der Waals surface area contributed by atoms with Crippen LogP contribution in [0.2, 0.25) is 0 Å². The first-order chi connectivity index (χ1) is 8.49. The number of hydrogen-bond acceptors (Lipinski definition) is 5. The van der Waals surface area contributed by atoms with Crippen molar-refractivity contribution in [2.75, 3.05) is 18.0 Å². The van der Waals surface area contributed by atoms with Gasteiger partial charge >= 0.3 is 5.69 Å². The van der Waals surface area contributed by atoms with Crippen molar-refractivity contribution in [1.82, 2.24) is 19.1 Å². The number of aromatic amines is 1. The number of rotatable bonds is 1. The number of imidazole rings is 1. The molecule has 1 aliphatic rings. The molecule has 18 heavy (non-hydrogen) atoms. The fraction of sp³-hybridized carbons (Fsp3) is 0.500. The molecule has 0 radical (unpaired) electrons. The van der Waals surface area contributed by atoms with Crippen LogP contribution in [-0.2, 0) is 14.1 Å². The van der Waals surface area contributed by atoms with Gasteiger partial charge in [-0.2, -0.15) is 4.98 Å². The van der Waals surface area contributed by atoms with Crippen molar-refractivity contribution in [3.63, 3.8) is 0 Å². The molecule has 0 bridgehead atoms. The molecule has 1 fully saturated rings. The molecule has 1 saturated heterocycles. The van der Waals surface area contributed by atoms with Gasteiger partial charge in [0.05, 0.1) is 0 Å². The Hall–Kier alpha value is -2.09. The summed E-state index contributed by atoms with van der Waals surface area (Å²) in [6.07, 6.45) is 0. The molecular weight excluding hydrogens is 236 g/mol. The monoisotopic (exact) mass is 250 g/mol. The summed E-state index contributed by atoms with van der Waals surface area (Å²) in [7, 11) is 3.04. The summed E-state index contributed by atoms with van der Waals surface area (Å²) in [5.74, 6) is 0.588. The minimum Gasteiger partial charge on any atom is -0.339 e. The number of nitrogens with two attached hydrogens (primary N) is 1. The maximum atomic E-state index is 11.9. The third kappa shape index (κ3) is 1.32. The summed E-state index contributed by atoms with van der Waals surface area (Å²) in [6, 6.07) is 0.143. The summed E-state index contributed by atoms with van der Waals surface area (Å²) < 4.78 is 2.42. The fourth-order valence-corrected chi connectivity index (χ4v) is 2.15. The standard InChI is InChI=1S/C10H14N6O2/c1-14-7-6(8(17)15(2)10(14)18)12-9(13-7)16-3-5(11)4-16/h5H,3-4,11H2,1-2H3,(H,12,13). The van der Waals surface area contributed by atoms with Gasteiger partial charge in [0.15, 0.2) is 11.2 Å². The minimum atomic E-state index is -0.383. The van der Waals surface area contributed by atoms with Gasteiger partial charge in [-0.3, -0.25) is 13.9 Å². The van der Waals surface area contributed by atoms with Crippen molar-refractivity contribution in [2.45, 2.75) is 6.04 Å². The Balaban J connectivity index is 2.24. The summed E-state index contributed by atoms with van der Waals surface area (Å²) in [4.78, 5) is 32.9. The molecule has 8 heteroatoms. The molecule has 0 amide bonds. The molecule has 2 aromatic heterocycles. The topological polar surface area (TPSA) is 102 Å². The van der Waals surface area contributed by atoms with Crippen molar-refractivity contribution >= 4 is 17.1 Å². The smallest absolute Gasteiger partial charge is 0.332 e. The highest BCUT2D eigenvalue weighted by atomic mass is 16.2. The van der Waals surface area contributed by atoms with E-state index in [0.29, 0.717) is 30.2 Å². The molecule has 0 aromatic carbocycles. The molecule has 0 unspecified atom stereocenters. The average molecular weight is 250 g/mol. The lowest BCUT2D eigenvalue weighted by molar-refractivity contribution is 0.511. The highest BCUT2D eigenvalue weighted by Gasteiger charge is 2.26. The molecular formula is C10H14N6O2. The first kappa shape index (κ1) is 11.0. The van der Waals surface area contributed by atoms with Crippen LogP contribution in [-0.4, -0.2) is 38.2 Å². The van der Waals surface area contributed by atoms with E-state index in [9.17, 15) is 9.59 Å². The van der Waals surface area contributed by atoms with Gasteiger partial charge in [0.1, 0.15) is 0 Å². The number of aromatic nitrogens is 4. The fourth-order valence-electron chi connectivity index (χ4n) is 2.15. The van der Waals surface area contributed by atoms with E-state index >= 15 is 0 Å². The van der Waals surface area contributed by atoms with Crippen LogP contribution >= 0.6 is 0 Å². The molecule has 2 aromatic rings. The van der Waals surface area contributed by atoms with E-state index in [2.05, 4.69) is 9.97 Å². The minimum absolute atomic E-state index is 0.143. The van der Waals surface area contributed by atoms with E-state index in [0.717, 1.165) is 4.57 Å². The van der Waals surface area contributed by atoms with Crippen LogP contribution in [0.15, 0.2) is 9.59 Å². The van der Waals surface area contributed by atoms with Gasteiger partial charge in [-0.05, 0) is 0 Å². The van der Waals surface area contributed by atoms with E-state index in [1.54, 1.807) is 7.05 Å². The molecule has 1 aliphatic heterocycles. The molecule has 96 valence electrons. The van der Waals surface area contributed by atoms with E-state index in [1.807, 2.05) is 4.90 Å². The van der Waals surface area contributed by atoms with Crippen molar-refractivity contribution in [3.05, 3.63) is 20.8 Å². The Bertz CT molecular complexity index is 733. The first-order valence-corrected chi connectivity index (χ1v) is 5.65. The molecule has 8 nitrogen and oxygen atoms in total. The number of anilines is 1. The molecule has 0 aliphatic carbocycles. The second-order valence-corrected chi connectivity index (χ2v) is 4.63. The maximum Gasteiger partial charge on any atom is 0.332 e. The summed E-state index contributed by atoms with van der Waals surface area (Å²) in [5.41, 5.74) is 5.67. The van der Waals surface area contributed by atoms with Crippen LogP contribution in [0.25, 0.3) is 11.2 Å². The van der Waals surface area contributed by atoms with Crippen molar-refractivity contribution in [3.8, 4) is 0 Å². The Morgan fingerprint density at radius 3 is 2.56 bits per heavy atom. The van der Waals surface area contributed by atoms with Crippen LogP contribution in [0.5, 0.6) is 0 Å². The predicted octanol–water partition coefficient (Wildman–Crippen LogP) is -1.89. The average Bonchev–Trinajstić information content (AvgIpc) is 2.74. The van der Waals surface area contributed by atoms with Crippen LogP contribution in [0.3, 0.4) is 0 Å². The second-order valence-electron chi connectivity index (χ2n) is 4.63. The van der Waals surface area contributed by atoms with Crippen LogP contribution in [0, 0.1) is 0 Å². The number of nitrogens with zero attached hydrogens (tertiary/aromatic N) is 4. The van der Waals surface area contributed by atoms with Gasteiger partial charge in [0.25, 0.3) is 5.56 Å². The highest BCUT2D eigenvalue weighted by Crippen LogP contribution is 2.18. The zero-order valence-corrected chi connectivity index (χ0v) is 10.2. The molecule has 0 spiro atoms. The largest absolute Gasteiger partial charge is 0.339 e. The van der Waals surface area contributed by atoms with Crippen LogP contribution < -0.4 is 21.9 Å². The van der Waals surface area contributed by atoms with Crippen molar-refractivity contribution in [2.24, 2.45) is 19.8 Å². The van der Waals surface area contributed by atoms with Gasteiger partial charge in [0, 0.05) is 33.2 Å². The number of H-pyrrole nitrogens is 1. The number of nitrogens with one attached hydrogen (secondary N) is 1. The van der Waals surface area contributed by atoms with Gasteiger partial charge in [-0.25, -0.2) is 4.79 Å². The maximum absolute atomic E-state index is 11.9. The second kappa shape index (κ2) is 3.45. The zero-order valence-electron chi connectivity index (χ0n) is 10.2. The van der Waals surface area contributed by atoms with Crippen LogP contribution in [0.1, 0.15) is 0 Å². The molecule has 3 rings (SSSR count). The number of fused-ring (bicyclic) bond motifs is 1. The number of hydrogen-bond donors (Lipinski definition) is 2. The van der Waals surface area contributed by atoms with Crippen molar-refractivity contribution in [1.29, 1.82) is 0 Å². The summed E-state index contributed by atoms with van der Waals surface area (Å²) >= 11 is 0. The van der Waals surface area contributed by atoms with Crippen molar-refractivity contribution < 1.29 is 0 Å². The molecule has 3 N–H and O–H groups in total. The lowest BCUT2D eigenvalue weighted by Gasteiger charge is -2.36. The normalized spacial score (nSPS) is 16.3. The van der Waals surface area contributed by atoms with Gasteiger partial charge < -0.3 is 15.6 Å². The lowest BCUT2D eigenvalue weighted by Crippen LogP contribution is -2.56. The number of aryl methyl sites for hydroxylation is 1. The SMILES string of the molecule is Cn1c(=O)c2[nH]c(N3CC(N)C3)nc2n(C)c1=O. The Morgan fingerprint density at radius 2 is 1.94 bits per heavy atom. The quantitative estimate of drug-likeness (QED) is 0.616. The third-order valence-electron chi connectivity index (χ3n) is 3.29. The zero-order chi connectivity index (χ0) is 13.0. The summed E-state index contributed by atoms with van der Waals surface area (Å²) in [5, 5.41) is 0. The van der Waals surface area contributed by atoms with E-state index < -0.39 is 0 Å². The Kier molecular flexibility index (Phi) is 2.11. The van der Waals surface area contributed by atoms with Gasteiger partial charge in [0.2, 0.25) is 5.95 Å². The highest BCUT2D eigenvalue weighted by molar-refractivity contribution is 5.73. The third-order valence-corrected chi connectivity index (χ3v) is 3.29. The molecule has 0 saturated carbocycles. The predicted molar refractivity (Wildman–Crippen MR) is 66.8 cm³/mol. The Morgan fingerprint density at radius 1 is 1.28 bits per heavy atom. The van der Waals surface area contributed by atoms with Gasteiger partial charge in [-0.15, -0.1) is 0 Å². The van der Waals surface area contributed by atoms with E-state index in [-0.39, 0.29) is 17.3 Å². The van der Waals surface area contributed by atoms with Gasteiger partial charge in [-0.1, -0.05) is 0 Å². The first-order valence-electron chi connectivity index (χ1n) is 5.65. The van der Waals surface area contributed by atoms with Crippen LogP contribution in [0.4, 0.5) is 5.95 Å². The van der Waals surface area contributed by atoms with E-state index in [1.165, 1.54) is 11.6 Å².